The number of aromatic nitrogens is 4. The molecule has 9 heteroatoms. The van der Waals surface area contributed by atoms with Gasteiger partial charge in [-0.2, -0.15) is 10.2 Å². The number of furan rings is 1. The number of hydrogen-bond donors (Lipinski definition) is 1. The molecule has 1 amide bonds. The van der Waals surface area contributed by atoms with E-state index in [-0.39, 0.29) is 11.7 Å². The summed E-state index contributed by atoms with van der Waals surface area (Å²) in [5.41, 5.74) is 0. The minimum absolute atomic E-state index is 0.263. The van der Waals surface area contributed by atoms with E-state index in [2.05, 4.69) is 31.4 Å². The van der Waals surface area contributed by atoms with Gasteiger partial charge < -0.3 is 9.73 Å². The lowest BCUT2D eigenvalue weighted by Gasteiger charge is -2.03. The van der Waals surface area contributed by atoms with Crippen LogP contribution in [0.4, 0.5) is 0 Å². The van der Waals surface area contributed by atoms with Crippen LogP contribution >= 0.6 is 27.5 Å². The number of nitrogens with zero attached hydrogens (tertiary/aromatic N) is 4. The van der Waals surface area contributed by atoms with Crippen LogP contribution in [0.5, 0.6) is 0 Å². The molecule has 0 aliphatic carbocycles. The van der Waals surface area contributed by atoms with Crippen LogP contribution in [0, 0.1) is 0 Å². The van der Waals surface area contributed by atoms with E-state index in [1.165, 1.54) is 0 Å². The third-order valence-corrected chi connectivity index (χ3v) is 3.64. The Morgan fingerprint density at radius 2 is 2.09 bits per heavy atom. The summed E-state index contributed by atoms with van der Waals surface area (Å²) >= 11 is 9.12. The van der Waals surface area contributed by atoms with E-state index < -0.39 is 0 Å². The fourth-order valence-electron chi connectivity index (χ4n) is 2.00. The standard InChI is InChI=1S/C14H13BrClN5O2/c15-10-5-18-20(7-10)4-3-17-14(22)13-2-1-12(23-13)9-21-8-11(16)6-19-21/h1-2,5-8H,3-4,9H2,(H,17,22). The van der Waals surface area contributed by atoms with Gasteiger partial charge in [-0.25, -0.2) is 0 Å². The summed E-state index contributed by atoms with van der Waals surface area (Å²) in [4.78, 5) is 12.0. The van der Waals surface area contributed by atoms with Gasteiger partial charge in [0.25, 0.3) is 5.91 Å². The summed E-state index contributed by atoms with van der Waals surface area (Å²) in [5, 5.41) is 11.5. The zero-order valence-electron chi connectivity index (χ0n) is 11.9. The summed E-state index contributed by atoms with van der Waals surface area (Å²) in [7, 11) is 0. The SMILES string of the molecule is O=C(NCCn1cc(Br)cn1)c1ccc(Cn2cc(Cl)cn2)o1. The van der Waals surface area contributed by atoms with Crippen molar-refractivity contribution in [2.45, 2.75) is 13.1 Å². The maximum absolute atomic E-state index is 12.0. The number of carbonyl (C=O) groups is 1. The molecule has 3 rings (SSSR count). The van der Waals surface area contributed by atoms with E-state index in [9.17, 15) is 4.79 Å². The number of rotatable bonds is 6. The Morgan fingerprint density at radius 3 is 2.78 bits per heavy atom. The highest BCUT2D eigenvalue weighted by Gasteiger charge is 2.11. The molecule has 23 heavy (non-hydrogen) atoms. The molecule has 0 saturated carbocycles. The number of carbonyl (C=O) groups excluding carboxylic acids is 1. The lowest BCUT2D eigenvalue weighted by Crippen LogP contribution is -2.27. The lowest BCUT2D eigenvalue weighted by atomic mass is 10.4. The Labute approximate surface area is 145 Å². The zero-order chi connectivity index (χ0) is 16.2. The van der Waals surface area contributed by atoms with Crippen molar-refractivity contribution in [3.05, 3.63) is 57.9 Å². The summed E-state index contributed by atoms with van der Waals surface area (Å²) in [6, 6.07) is 3.38. The van der Waals surface area contributed by atoms with Gasteiger partial charge in [-0.3, -0.25) is 14.2 Å². The summed E-state index contributed by atoms with van der Waals surface area (Å²) in [6.45, 7) is 1.45. The van der Waals surface area contributed by atoms with Crippen LogP contribution in [-0.4, -0.2) is 32.0 Å². The van der Waals surface area contributed by atoms with Crippen LogP contribution in [0.1, 0.15) is 16.3 Å². The minimum Gasteiger partial charge on any atom is -0.454 e. The molecule has 7 nitrogen and oxygen atoms in total. The second-order valence-corrected chi connectivity index (χ2v) is 6.15. The molecule has 0 unspecified atom stereocenters. The molecule has 3 aromatic rings. The van der Waals surface area contributed by atoms with Gasteiger partial charge in [0.15, 0.2) is 5.76 Å². The highest BCUT2D eigenvalue weighted by molar-refractivity contribution is 9.10. The van der Waals surface area contributed by atoms with Crippen LogP contribution in [0.25, 0.3) is 0 Å². The molecule has 0 aliphatic rings. The Bertz CT molecular complexity index is 810. The quantitative estimate of drug-likeness (QED) is 0.692. The average Bonchev–Trinajstić information content (AvgIpc) is 3.22. The van der Waals surface area contributed by atoms with E-state index in [0.717, 1.165) is 4.47 Å². The first kappa shape index (κ1) is 15.8. The molecular formula is C14H13BrClN5O2. The van der Waals surface area contributed by atoms with Gasteiger partial charge in [0.05, 0.1) is 35.0 Å². The molecule has 0 saturated heterocycles. The van der Waals surface area contributed by atoms with Gasteiger partial charge in [0, 0.05) is 18.9 Å². The normalized spacial score (nSPS) is 10.9. The molecule has 0 spiro atoms. The van der Waals surface area contributed by atoms with Crippen molar-refractivity contribution >= 4 is 33.4 Å². The predicted octanol–water partition coefficient (Wildman–Crippen LogP) is 2.57. The maximum atomic E-state index is 12.0. The van der Waals surface area contributed by atoms with Crippen LogP contribution < -0.4 is 5.32 Å². The van der Waals surface area contributed by atoms with Crippen LogP contribution in [0.2, 0.25) is 5.02 Å². The molecule has 1 N–H and O–H groups in total. The molecule has 120 valence electrons. The third-order valence-electron chi connectivity index (χ3n) is 3.03. The average molecular weight is 399 g/mol. The Kier molecular flexibility index (Phi) is 4.82. The second-order valence-electron chi connectivity index (χ2n) is 4.80. The molecule has 3 heterocycles. The van der Waals surface area contributed by atoms with E-state index in [0.29, 0.717) is 30.4 Å². The molecule has 0 atom stereocenters. The zero-order valence-corrected chi connectivity index (χ0v) is 14.3. The maximum Gasteiger partial charge on any atom is 0.287 e. The van der Waals surface area contributed by atoms with E-state index >= 15 is 0 Å². The largest absolute Gasteiger partial charge is 0.454 e. The first-order chi connectivity index (χ1) is 11.1. The summed E-state index contributed by atoms with van der Waals surface area (Å²) < 4.78 is 9.79. The van der Waals surface area contributed by atoms with Gasteiger partial charge in [-0.05, 0) is 28.1 Å². The number of halogens is 2. The molecule has 0 bridgehead atoms. The first-order valence-electron chi connectivity index (χ1n) is 6.83. The highest BCUT2D eigenvalue weighted by atomic mass is 79.9. The first-order valence-corrected chi connectivity index (χ1v) is 8.00. The van der Waals surface area contributed by atoms with E-state index in [1.54, 1.807) is 40.1 Å². The smallest absolute Gasteiger partial charge is 0.287 e. The molecule has 0 aromatic carbocycles. The van der Waals surface area contributed by atoms with Crippen molar-refractivity contribution in [1.82, 2.24) is 24.9 Å². The van der Waals surface area contributed by atoms with Crippen molar-refractivity contribution in [3.8, 4) is 0 Å². The van der Waals surface area contributed by atoms with Gasteiger partial charge in [0.2, 0.25) is 0 Å². The third kappa shape index (κ3) is 4.23. The summed E-state index contributed by atoms with van der Waals surface area (Å²) in [5.74, 6) is 0.631. The fourth-order valence-corrected chi connectivity index (χ4v) is 2.49. The van der Waals surface area contributed by atoms with Gasteiger partial charge in [-0.1, -0.05) is 11.6 Å². The predicted molar refractivity (Wildman–Crippen MR) is 87.3 cm³/mol. The molecule has 0 radical (unpaired) electrons. The van der Waals surface area contributed by atoms with Crippen molar-refractivity contribution in [3.63, 3.8) is 0 Å². The van der Waals surface area contributed by atoms with Gasteiger partial charge in [0.1, 0.15) is 5.76 Å². The number of amides is 1. The van der Waals surface area contributed by atoms with Crippen LogP contribution in [0.15, 0.2) is 45.8 Å². The Morgan fingerprint density at radius 1 is 1.26 bits per heavy atom. The van der Waals surface area contributed by atoms with Crippen molar-refractivity contribution in [1.29, 1.82) is 0 Å². The Balaban J connectivity index is 1.51. The molecule has 0 fully saturated rings. The molecule has 0 aliphatic heterocycles. The monoisotopic (exact) mass is 397 g/mol. The Hall–Kier alpha value is -2.06. The van der Waals surface area contributed by atoms with Crippen molar-refractivity contribution < 1.29 is 9.21 Å². The van der Waals surface area contributed by atoms with Crippen LogP contribution in [0.3, 0.4) is 0 Å². The lowest BCUT2D eigenvalue weighted by molar-refractivity contribution is 0.0922. The minimum atomic E-state index is -0.263. The second kappa shape index (κ2) is 7.01. The van der Waals surface area contributed by atoms with Crippen molar-refractivity contribution in [2.24, 2.45) is 0 Å². The highest BCUT2D eigenvalue weighted by Crippen LogP contribution is 2.11. The number of nitrogens with one attached hydrogen (secondary N) is 1. The fraction of sp³-hybridized carbons (Fsp3) is 0.214. The van der Waals surface area contributed by atoms with Crippen LogP contribution in [-0.2, 0) is 13.1 Å². The van der Waals surface area contributed by atoms with Gasteiger partial charge in [-0.15, -0.1) is 0 Å². The van der Waals surface area contributed by atoms with Gasteiger partial charge >= 0.3 is 0 Å². The van der Waals surface area contributed by atoms with E-state index in [4.69, 9.17) is 16.0 Å². The van der Waals surface area contributed by atoms with E-state index in [1.807, 2.05) is 6.20 Å². The molecular weight excluding hydrogens is 386 g/mol. The number of hydrogen-bond acceptors (Lipinski definition) is 4. The topological polar surface area (TPSA) is 77.9 Å². The van der Waals surface area contributed by atoms with Crippen molar-refractivity contribution in [2.75, 3.05) is 6.54 Å². The summed E-state index contributed by atoms with van der Waals surface area (Å²) in [6.07, 6.45) is 6.77. The molecule has 3 aromatic heterocycles.